The number of nitrogens with one attached hydrogen (secondary N) is 1. The van der Waals surface area contributed by atoms with E-state index in [2.05, 4.69) is 22.4 Å². The van der Waals surface area contributed by atoms with E-state index in [0.29, 0.717) is 22.6 Å². The number of thioether (sulfide) groups is 1. The molecule has 1 amide bonds. The first-order valence-corrected chi connectivity index (χ1v) is 12.8. The Labute approximate surface area is 214 Å². The summed E-state index contributed by atoms with van der Waals surface area (Å²) in [5.74, 6) is 1.57. The topological polar surface area (TPSA) is 69.0 Å². The van der Waals surface area contributed by atoms with Gasteiger partial charge in [-0.2, -0.15) is 0 Å². The standard InChI is InChI=1S/C27H27ClN4O2S/c1-4-19-8-6-7-18(3)25(19)29-24(33)17-35-27-31-30-26(20-9-11-21(28)12-10-20)32(27)22-13-15-23(16-14-22)34-5-2/h6-16H,4-5,17H2,1-3H3,(H,29,33). The van der Waals surface area contributed by atoms with Crippen LogP contribution in [0.1, 0.15) is 25.0 Å². The zero-order chi connectivity index (χ0) is 24.8. The van der Waals surface area contributed by atoms with Crippen molar-refractivity contribution >= 4 is 35.0 Å². The van der Waals surface area contributed by atoms with Crippen LogP contribution in [0.2, 0.25) is 5.02 Å². The molecule has 4 rings (SSSR count). The Bertz CT molecular complexity index is 1300. The molecule has 4 aromatic rings. The second kappa shape index (κ2) is 11.4. The molecule has 0 saturated heterocycles. The number of anilines is 1. The molecule has 1 heterocycles. The first-order valence-electron chi connectivity index (χ1n) is 11.5. The van der Waals surface area contributed by atoms with Crippen LogP contribution in [0.4, 0.5) is 5.69 Å². The van der Waals surface area contributed by atoms with Crippen molar-refractivity contribution in [3.05, 3.63) is 82.9 Å². The molecule has 6 nitrogen and oxygen atoms in total. The van der Waals surface area contributed by atoms with Crippen molar-refractivity contribution in [3.8, 4) is 22.8 Å². The molecule has 8 heteroatoms. The maximum Gasteiger partial charge on any atom is 0.234 e. The number of aryl methyl sites for hydroxylation is 2. The molecule has 1 aromatic heterocycles. The van der Waals surface area contributed by atoms with Crippen LogP contribution in [-0.2, 0) is 11.2 Å². The van der Waals surface area contributed by atoms with Crippen molar-refractivity contribution < 1.29 is 9.53 Å². The number of para-hydroxylation sites is 1. The van der Waals surface area contributed by atoms with E-state index in [9.17, 15) is 4.79 Å². The molecule has 0 fully saturated rings. The molecular weight excluding hydrogens is 480 g/mol. The second-order valence-corrected chi connectivity index (χ2v) is 9.25. The van der Waals surface area contributed by atoms with Gasteiger partial charge in [0, 0.05) is 22.0 Å². The van der Waals surface area contributed by atoms with E-state index in [-0.39, 0.29) is 11.7 Å². The first kappa shape index (κ1) is 24.8. The van der Waals surface area contributed by atoms with Gasteiger partial charge in [0.05, 0.1) is 12.4 Å². The Hall–Kier alpha value is -3.29. The van der Waals surface area contributed by atoms with Crippen LogP contribution in [0.3, 0.4) is 0 Å². The predicted octanol–water partition coefficient (Wildman–Crippen LogP) is 6.59. The summed E-state index contributed by atoms with van der Waals surface area (Å²) in [7, 11) is 0. The third-order valence-corrected chi connectivity index (χ3v) is 6.66. The molecular formula is C27H27ClN4O2S. The molecule has 0 aliphatic heterocycles. The lowest BCUT2D eigenvalue weighted by atomic mass is 10.1. The highest BCUT2D eigenvalue weighted by Crippen LogP contribution is 2.30. The number of aromatic nitrogens is 3. The zero-order valence-electron chi connectivity index (χ0n) is 19.9. The average molecular weight is 507 g/mol. The van der Waals surface area contributed by atoms with Crippen LogP contribution in [-0.4, -0.2) is 33.0 Å². The van der Waals surface area contributed by atoms with E-state index >= 15 is 0 Å². The largest absolute Gasteiger partial charge is 0.494 e. The van der Waals surface area contributed by atoms with E-state index in [1.54, 1.807) is 0 Å². The lowest BCUT2D eigenvalue weighted by Gasteiger charge is -2.13. The van der Waals surface area contributed by atoms with Gasteiger partial charge in [-0.05, 0) is 79.9 Å². The summed E-state index contributed by atoms with van der Waals surface area (Å²) in [5, 5.41) is 13.2. The number of hydrogen-bond acceptors (Lipinski definition) is 5. The molecule has 0 aliphatic rings. The van der Waals surface area contributed by atoms with Crippen molar-refractivity contribution in [2.45, 2.75) is 32.3 Å². The predicted molar refractivity (Wildman–Crippen MR) is 143 cm³/mol. The second-order valence-electron chi connectivity index (χ2n) is 7.87. The number of nitrogens with zero attached hydrogens (tertiary/aromatic N) is 3. The van der Waals surface area contributed by atoms with Crippen LogP contribution in [0.15, 0.2) is 71.9 Å². The Balaban J connectivity index is 1.61. The summed E-state index contributed by atoms with van der Waals surface area (Å²) in [4.78, 5) is 12.9. The fourth-order valence-corrected chi connectivity index (χ4v) is 4.63. The number of benzene rings is 3. The molecule has 3 aromatic carbocycles. The Morgan fingerprint density at radius 2 is 1.77 bits per heavy atom. The van der Waals surface area contributed by atoms with Gasteiger partial charge in [0.1, 0.15) is 5.75 Å². The smallest absolute Gasteiger partial charge is 0.234 e. The summed E-state index contributed by atoms with van der Waals surface area (Å²) < 4.78 is 7.53. The van der Waals surface area contributed by atoms with E-state index < -0.39 is 0 Å². The lowest BCUT2D eigenvalue weighted by molar-refractivity contribution is -0.113. The molecule has 0 radical (unpaired) electrons. The highest BCUT2D eigenvalue weighted by atomic mass is 35.5. The minimum Gasteiger partial charge on any atom is -0.494 e. The highest BCUT2D eigenvalue weighted by Gasteiger charge is 2.18. The Morgan fingerprint density at radius 1 is 1.03 bits per heavy atom. The van der Waals surface area contributed by atoms with E-state index in [1.807, 2.05) is 85.1 Å². The van der Waals surface area contributed by atoms with Crippen LogP contribution in [0.25, 0.3) is 17.1 Å². The van der Waals surface area contributed by atoms with Gasteiger partial charge >= 0.3 is 0 Å². The van der Waals surface area contributed by atoms with E-state index in [4.69, 9.17) is 16.3 Å². The van der Waals surface area contributed by atoms with E-state index in [1.165, 1.54) is 11.8 Å². The number of carbonyl (C=O) groups excluding carboxylic acids is 1. The molecule has 35 heavy (non-hydrogen) atoms. The first-order chi connectivity index (χ1) is 17.0. The van der Waals surface area contributed by atoms with Gasteiger partial charge in [-0.3, -0.25) is 9.36 Å². The molecule has 0 aliphatic carbocycles. The number of ether oxygens (including phenoxy) is 1. The summed E-state index contributed by atoms with van der Waals surface area (Å²) >= 11 is 7.43. The Kier molecular flexibility index (Phi) is 8.10. The number of halogens is 1. The number of rotatable bonds is 9. The van der Waals surface area contributed by atoms with Gasteiger partial charge in [0.2, 0.25) is 5.91 Å². The molecule has 0 atom stereocenters. The van der Waals surface area contributed by atoms with Crippen LogP contribution >= 0.6 is 23.4 Å². The van der Waals surface area contributed by atoms with Crippen molar-refractivity contribution in [1.82, 2.24) is 14.8 Å². The van der Waals surface area contributed by atoms with Gasteiger partial charge in [-0.25, -0.2) is 0 Å². The number of carbonyl (C=O) groups is 1. The summed E-state index contributed by atoms with van der Waals surface area (Å²) in [6, 6.07) is 21.2. The molecule has 0 bridgehead atoms. The SMILES string of the molecule is CCOc1ccc(-n2c(SCC(=O)Nc3c(C)cccc3CC)nnc2-c2ccc(Cl)cc2)cc1. The van der Waals surface area contributed by atoms with Crippen molar-refractivity contribution in [3.63, 3.8) is 0 Å². The molecule has 1 N–H and O–H groups in total. The van der Waals surface area contributed by atoms with Gasteiger partial charge in [-0.1, -0.05) is 48.5 Å². The minimum atomic E-state index is -0.0895. The van der Waals surface area contributed by atoms with Crippen LogP contribution < -0.4 is 10.1 Å². The lowest BCUT2D eigenvalue weighted by Crippen LogP contribution is -2.16. The van der Waals surface area contributed by atoms with Crippen molar-refractivity contribution in [2.24, 2.45) is 0 Å². The maximum atomic E-state index is 12.9. The fraction of sp³-hybridized carbons (Fsp3) is 0.222. The van der Waals surface area contributed by atoms with E-state index in [0.717, 1.165) is 40.2 Å². The average Bonchev–Trinajstić information content (AvgIpc) is 3.29. The minimum absolute atomic E-state index is 0.0895. The quantitative estimate of drug-likeness (QED) is 0.259. The molecule has 180 valence electrons. The number of hydrogen-bond donors (Lipinski definition) is 1. The molecule has 0 saturated carbocycles. The molecule has 0 spiro atoms. The molecule has 0 unspecified atom stereocenters. The van der Waals surface area contributed by atoms with Crippen LogP contribution in [0, 0.1) is 6.92 Å². The number of amides is 1. The van der Waals surface area contributed by atoms with Crippen molar-refractivity contribution in [2.75, 3.05) is 17.7 Å². The van der Waals surface area contributed by atoms with Gasteiger partial charge in [-0.15, -0.1) is 10.2 Å². The van der Waals surface area contributed by atoms with Gasteiger partial charge in [0.15, 0.2) is 11.0 Å². The fourth-order valence-electron chi connectivity index (χ4n) is 3.75. The third kappa shape index (κ3) is 5.86. The maximum absolute atomic E-state index is 12.9. The Morgan fingerprint density at radius 3 is 2.46 bits per heavy atom. The highest BCUT2D eigenvalue weighted by molar-refractivity contribution is 7.99. The summed E-state index contributed by atoms with van der Waals surface area (Å²) in [5.41, 5.74) is 4.80. The summed E-state index contributed by atoms with van der Waals surface area (Å²) in [6.45, 7) is 6.63. The zero-order valence-corrected chi connectivity index (χ0v) is 21.5. The third-order valence-electron chi connectivity index (χ3n) is 5.48. The van der Waals surface area contributed by atoms with Gasteiger partial charge in [0.25, 0.3) is 0 Å². The monoisotopic (exact) mass is 506 g/mol. The summed E-state index contributed by atoms with van der Waals surface area (Å²) in [6.07, 6.45) is 0.848. The van der Waals surface area contributed by atoms with Crippen molar-refractivity contribution in [1.29, 1.82) is 0 Å². The van der Waals surface area contributed by atoms with Gasteiger partial charge < -0.3 is 10.1 Å². The normalized spacial score (nSPS) is 10.9. The van der Waals surface area contributed by atoms with Crippen LogP contribution in [0.5, 0.6) is 5.75 Å².